The van der Waals surface area contributed by atoms with Gasteiger partial charge in [0.05, 0.1) is 6.10 Å². The summed E-state index contributed by atoms with van der Waals surface area (Å²) >= 11 is 0. The summed E-state index contributed by atoms with van der Waals surface area (Å²) in [6.45, 7) is 2.73. The van der Waals surface area contributed by atoms with Gasteiger partial charge in [-0.25, -0.2) is 4.79 Å². The van der Waals surface area contributed by atoms with Gasteiger partial charge in [0, 0.05) is 30.6 Å². The summed E-state index contributed by atoms with van der Waals surface area (Å²) in [5, 5.41) is 24.1. The molecular formula is C20H21NO4. The Bertz CT molecular complexity index is 918. The Balaban J connectivity index is 1.80. The van der Waals surface area contributed by atoms with Crippen LogP contribution in [0.2, 0.25) is 0 Å². The fraction of sp³-hybridized carbons (Fsp3) is 0.250. The lowest BCUT2D eigenvalue weighted by molar-refractivity contribution is 0.174. The molecule has 25 heavy (non-hydrogen) atoms. The number of hydrogen-bond donors (Lipinski definition) is 3. The van der Waals surface area contributed by atoms with Crippen LogP contribution in [0, 0.1) is 0 Å². The third-order valence-electron chi connectivity index (χ3n) is 4.25. The molecule has 130 valence electrons. The zero-order valence-corrected chi connectivity index (χ0v) is 14.0. The first kappa shape index (κ1) is 17.2. The first-order chi connectivity index (χ1) is 12.1. The number of phenolic OH excluding ortho intramolecular Hbond substituents is 1. The van der Waals surface area contributed by atoms with Crippen LogP contribution < -0.4 is 10.9 Å². The second-order valence-electron chi connectivity index (χ2n) is 5.98. The lowest BCUT2D eigenvalue weighted by atomic mass is 10.0. The standard InChI is InChI=1S/C20H21NO4/c1-2-13-8-16-15(9-20(24)25-19(16)10-17(13)22)11-21-12-18(23)14-6-4-3-5-7-14/h3-10,18,21-23H,2,11-12H2,1H3/t18-/m0/s1. The number of rotatable bonds is 6. The molecule has 5 heteroatoms. The normalized spacial score (nSPS) is 12.4. The number of nitrogens with one attached hydrogen (secondary N) is 1. The molecule has 0 saturated carbocycles. The molecule has 0 aliphatic carbocycles. The van der Waals surface area contributed by atoms with E-state index in [0.717, 1.165) is 22.1 Å². The zero-order chi connectivity index (χ0) is 17.8. The highest BCUT2D eigenvalue weighted by Gasteiger charge is 2.11. The van der Waals surface area contributed by atoms with E-state index < -0.39 is 11.7 Å². The predicted octanol–water partition coefficient (Wildman–Crippen LogP) is 2.88. The van der Waals surface area contributed by atoms with E-state index in [2.05, 4.69) is 5.32 Å². The van der Waals surface area contributed by atoms with Crippen molar-refractivity contribution in [2.24, 2.45) is 0 Å². The molecule has 0 aliphatic rings. The second-order valence-corrected chi connectivity index (χ2v) is 5.98. The smallest absolute Gasteiger partial charge is 0.336 e. The molecule has 0 bridgehead atoms. The summed E-state index contributed by atoms with van der Waals surface area (Å²) in [7, 11) is 0. The van der Waals surface area contributed by atoms with Crippen LogP contribution in [0.25, 0.3) is 11.0 Å². The SMILES string of the molecule is CCc1cc2c(CNC[C@H](O)c3ccccc3)cc(=O)oc2cc1O. The highest BCUT2D eigenvalue weighted by Crippen LogP contribution is 2.27. The van der Waals surface area contributed by atoms with Crippen molar-refractivity contribution in [3.63, 3.8) is 0 Å². The van der Waals surface area contributed by atoms with Crippen molar-refractivity contribution in [2.75, 3.05) is 6.54 Å². The highest BCUT2D eigenvalue weighted by molar-refractivity contribution is 5.82. The lowest BCUT2D eigenvalue weighted by Gasteiger charge is -2.13. The molecule has 1 aromatic heterocycles. The van der Waals surface area contributed by atoms with Crippen LogP contribution in [-0.4, -0.2) is 16.8 Å². The molecule has 3 rings (SSSR count). The van der Waals surface area contributed by atoms with Crippen LogP contribution in [0.15, 0.2) is 57.7 Å². The molecular weight excluding hydrogens is 318 g/mol. The maximum Gasteiger partial charge on any atom is 0.336 e. The Morgan fingerprint density at radius 2 is 1.88 bits per heavy atom. The summed E-state index contributed by atoms with van der Waals surface area (Å²) in [5.41, 5.74) is 2.32. The van der Waals surface area contributed by atoms with E-state index in [1.165, 1.54) is 12.1 Å². The van der Waals surface area contributed by atoms with Crippen molar-refractivity contribution < 1.29 is 14.6 Å². The molecule has 0 saturated heterocycles. The van der Waals surface area contributed by atoms with Gasteiger partial charge in [-0.1, -0.05) is 37.3 Å². The third-order valence-corrected chi connectivity index (χ3v) is 4.25. The quantitative estimate of drug-likeness (QED) is 0.602. The summed E-state index contributed by atoms with van der Waals surface area (Å²) in [5.74, 6) is 0.128. The van der Waals surface area contributed by atoms with Crippen LogP contribution in [-0.2, 0) is 13.0 Å². The first-order valence-corrected chi connectivity index (χ1v) is 8.31. The summed E-state index contributed by atoms with van der Waals surface area (Å²) in [6, 6.07) is 14.2. The first-order valence-electron chi connectivity index (χ1n) is 8.31. The van der Waals surface area contributed by atoms with Crippen molar-refractivity contribution in [2.45, 2.75) is 26.0 Å². The number of fused-ring (bicyclic) bond motifs is 1. The third kappa shape index (κ3) is 3.90. The molecule has 3 N–H and O–H groups in total. The number of aryl methyl sites for hydroxylation is 1. The van der Waals surface area contributed by atoms with Gasteiger partial charge in [0.25, 0.3) is 0 Å². The van der Waals surface area contributed by atoms with E-state index in [4.69, 9.17) is 4.42 Å². The van der Waals surface area contributed by atoms with Crippen molar-refractivity contribution in [3.8, 4) is 5.75 Å². The predicted molar refractivity (Wildman–Crippen MR) is 96.6 cm³/mol. The molecule has 2 aromatic carbocycles. The summed E-state index contributed by atoms with van der Waals surface area (Å²) < 4.78 is 5.19. The minimum absolute atomic E-state index is 0.128. The van der Waals surface area contributed by atoms with E-state index in [-0.39, 0.29) is 5.75 Å². The number of aliphatic hydroxyl groups is 1. The average molecular weight is 339 g/mol. The van der Waals surface area contributed by atoms with Crippen LogP contribution in [0.1, 0.15) is 29.7 Å². The number of benzene rings is 2. The minimum Gasteiger partial charge on any atom is -0.508 e. The Labute approximate surface area is 145 Å². The van der Waals surface area contributed by atoms with E-state index >= 15 is 0 Å². The largest absolute Gasteiger partial charge is 0.508 e. The molecule has 0 unspecified atom stereocenters. The Morgan fingerprint density at radius 3 is 2.60 bits per heavy atom. The van der Waals surface area contributed by atoms with Crippen molar-refractivity contribution >= 4 is 11.0 Å². The van der Waals surface area contributed by atoms with Gasteiger partial charge in [0.15, 0.2) is 0 Å². The average Bonchev–Trinajstić information content (AvgIpc) is 2.61. The van der Waals surface area contributed by atoms with Crippen molar-refractivity contribution in [1.82, 2.24) is 5.32 Å². The summed E-state index contributed by atoms with van der Waals surface area (Å²) in [6.07, 6.45) is 0.0587. The second kappa shape index (κ2) is 7.51. The van der Waals surface area contributed by atoms with Crippen LogP contribution in [0.3, 0.4) is 0 Å². The van der Waals surface area contributed by atoms with Gasteiger partial charge in [0.2, 0.25) is 0 Å². The van der Waals surface area contributed by atoms with Gasteiger partial charge in [-0.2, -0.15) is 0 Å². The summed E-state index contributed by atoms with van der Waals surface area (Å²) in [4.78, 5) is 11.8. The maximum atomic E-state index is 11.8. The molecule has 0 radical (unpaired) electrons. The van der Waals surface area contributed by atoms with Gasteiger partial charge in [0.1, 0.15) is 11.3 Å². The Morgan fingerprint density at radius 1 is 1.12 bits per heavy atom. The lowest BCUT2D eigenvalue weighted by Crippen LogP contribution is -2.21. The van der Waals surface area contributed by atoms with E-state index in [1.54, 1.807) is 0 Å². The minimum atomic E-state index is -0.622. The van der Waals surface area contributed by atoms with Gasteiger partial charge >= 0.3 is 5.63 Å². The van der Waals surface area contributed by atoms with Crippen molar-refractivity contribution in [3.05, 3.63) is 75.6 Å². The number of aromatic hydroxyl groups is 1. The Hall–Kier alpha value is -2.63. The fourth-order valence-corrected chi connectivity index (χ4v) is 2.87. The molecule has 1 heterocycles. The molecule has 0 amide bonds. The number of aliphatic hydroxyl groups excluding tert-OH is 1. The molecule has 1 atom stereocenters. The van der Waals surface area contributed by atoms with Crippen molar-refractivity contribution in [1.29, 1.82) is 0 Å². The Kier molecular flexibility index (Phi) is 5.16. The molecule has 3 aromatic rings. The van der Waals surface area contributed by atoms with E-state index in [0.29, 0.717) is 25.1 Å². The van der Waals surface area contributed by atoms with E-state index in [9.17, 15) is 15.0 Å². The monoisotopic (exact) mass is 339 g/mol. The molecule has 0 aliphatic heterocycles. The van der Waals surface area contributed by atoms with Gasteiger partial charge in [-0.15, -0.1) is 0 Å². The van der Waals surface area contributed by atoms with Gasteiger partial charge in [-0.3, -0.25) is 0 Å². The maximum absolute atomic E-state index is 11.8. The van der Waals surface area contributed by atoms with Gasteiger partial charge < -0.3 is 19.9 Å². The van der Waals surface area contributed by atoms with Crippen LogP contribution in [0.4, 0.5) is 0 Å². The fourth-order valence-electron chi connectivity index (χ4n) is 2.87. The molecule has 5 nitrogen and oxygen atoms in total. The number of phenols is 1. The van der Waals surface area contributed by atoms with E-state index in [1.807, 2.05) is 43.3 Å². The molecule has 0 spiro atoms. The number of hydrogen-bond acceptors (Lipinski definition) is 5. The van der Waals surface area contributed by atoms with Crippen LogP contribution >= 0.6 is 0 Å². The highest BCUT2D eigenvalue weighted by atomic mass is 16.4. The van der Waals surface area contributed by atoms with Gasteiger partial charge in [-0.05, 0) is 29.2 Å². The zero-order valence-electron chi connectivity index (χ0n) is 14.0. The topological polar surface area (TPSA) is 82.7 Å². The van der Waals surface area contributed by atoms with Crippen LogP contribution in [0.5, 0.6) is 5.75 Å². The molecule has 0 fully saturated rings.